The number of rotatable bonds is 3. The van der Waals surface area contributed by atoms with Gasteiger partial charge in [0.25, 0.3) is 0 Å². The predicted octanol–water partition coefficient (Wildman–Crippen LogP) is 0.661. The van der Waals surface area contributed by atoms with Gasteiger partial charge in [-0.3, -0.25) is 14.3 Å². The number of likely N-dealkylation sites (N-methyl/N-ethyl adjacent to an activating group) is 1. The molecule has 1 aromatic heterocycles. The maximum absolute atomic E-state index is 12.3. The summed E-state index contributed by atoms with van der Waals surface area (Å²) in [5, 5.41) is 7.49. The van der Waals surface area contributed by atoms with Gasteiger partial charge in [-0.1, -0.05) is 11.6 Å². The number of nitrogens with zero attached hydrogens (tertiary/aromatic N) is 3. The van der Waals surface area contributed by atoms with E-state index < -0.39 is 0 Å². The number of aryl methyl sites for hydroxylation is 2. The Hall–Kier alpha value is -1.56. The molecule has 1 aliphatic rings. The molecular formula is C13H19ClN4O2. The van der Waals surface area contributed by atoms with E-state index in [0.717, 1.165) is 11.3 Å². The number of amides is 2. The smallest absolute Gasteiger partial charge is 0.227 e. The second-order valence-corrected chi connectivity index (χ2v) is 5.51. The zero-order valence-electron chi connectivity index (χ0n) is 11.9. The Morgan fingerprint density at radius 3 is 2.80 bits per heavy atom. The van der Waals surface area contributed by atoms with Gasteiger partial charge >= 0.3 is 0 Å². The summed E-state index contributed by atoms with van der Waals surface area (Å²) in [6.45, 7) is 2.36. The molecule has 1 saturated heterocycles. The molecule has 2 heterocycles. The average molecular weight is 299 g/mol. The highest BCUT2D eigenvalue weighted by atomic mass is 35.5. The Labute approximate surface area is 123 Å². The first-order chi connectivity index (χ1) is 9.40. The van der Waals surface area contributed by atoms with Crippen molar-refractivity contribution in [3.8, 4) is 0 Å². The SMILES string of the molecule is Cc1nn(C)c(Cl)c1CC(=O)N(C)C1CCC(=O)NC1. The third kappa shape index (κ3) is 2.95. The first-order valence-corrected chi connectivity index (χ1v) is 6.98. The zero-order valence-corrected chi connectivity index (χ0v) is 12.7. The van der Waals surface area contributed by atoms with Crippen molar-refractivity contribution >= 4 is 23.4 Å². The van der Waals surface area contributed by atoms with Crippen LogP contribution in [0.2, 0.25) is 5.15 Å². The molecule has 0 spiro atoms. The summed E-state index contributed by atoms with van der Waals surface area (Å²) in [6.07, 6.45) is 1.41. The quantitative estimate of drug-likeness (QED) is 0.891. The number of halogens is 1. The number of hydrogen-bond acceptors (Lipinski definition) is 3. The molecule has 1 atom stereocenters. The van der Waals surface area contributed by atoms with Crippen LogP contribution in [0.1, 0.15) is 24.1 Å². The summed E-state index contributed by atoms with van der Waals surface area (Å²) < 4.78 is 1.57. The minimum atomic E-state index is -0.0100. The summed E-state index contributed by atoms with van der Waals surface area (Å²) >= 11 is 6.14. The third-order valence-electron chi connectivity index (χ3n) is 3.78. The van der Waals surface area contributed by atoms with Gasteiger partial charge in [0, 0.05) is 38.7 Å². The minimum absolute atomic E-state index is 0.0100. The molecule has 0 bridgehead atoms. The predicted molar refractivity (Wildman–Crippen MR) is 75.5 cm³/mol. The van der Waals surface area contributed by atoms with E-state index in [1.54, 1.807) is 23.7 Å². The van der Waals surface area contributed by atoms with Crippen LogP contribution in [0.25, 0.3) is 0 Å². The number of aromatic nitrogens is 2. The van der Waals surface area contributed by atoms with Gasteiger partial charge in [0.05, 0.1) is 12.1 Å². The van der Waals surface area contributed by atoms with Crippen LogP contribution in [0, 0.1) is 6.92 Å². The molecule has 0 radical (unpaired) electrons. The van der Waals surface area contributed by atoms with E-state index in [2.05, 4.69) is 10.4 Å². The second kappa shape index (κ2) is 5.83. The monoisotopic (exact) mass is 298 g/mol. The summed E-state index contributed by atoms with van der Waals surface area (Å²) in [6, 6.07) is 0.0518. The first-order valence-electron chi connectivity index (χ1n) is 6.60. The molecule has 0 saturated carbocycles. The second-order valence-electron chi connectivity index (χ2n) is 5.16. The number of piperidine rings is 1. The largest absolute Gasteiger partial charge is 0.354 e. The molecule has 2 amide bonds. The normalized spacial score (nSPS) is 18.8. The fourth-order valence-corrected chi connectivity index (χ4v) is 2.65. The lowest BCUT2D eigenvalue weighted by molar-refractivity contribution is -0.133. The lowest BCUT2D eigenvalue weighted by Gasteiger charge is -2.31. The Morgan fingerprint density at radius 2 is 2.30 bits per heavy atom. The molecular weight excluding hydrogens is 280 g/mol. The highest BCUT2D eigenvalue weighted by molar-refractivity contribution is 6.30. The van der Waals surface area contributed by atoms with Crippen molar-refractivity contribution in [1.82, 2.24) is 20.0 Å². The van der Waals surface area contributed by atoms with Crippen LogP contribution in [0.4, 0.5) is 0 Å². The van der Waals surface area contributed by atoms with Crippen LogP contribution in [-0.2, 0) is 23.1 Å². The summed E-state index contributed by atoms with van der Waals surface area (Å²) in [4.78, 5) is 25.2. The van der Waals surface area contributed by atoms with E-state index in [0.29, 0.717) is 24.5 Å². The highest BCUT2D eigenvalue weighted by Gasteiger charge is 2.26. The number of nitrogens with one attached hydrogen (secondary N) is 1. The van der Waals surface area contributed by atoms with E-state index in [1.165, 1.54) is 0 Å². The number of carbonyl (C=O) groups is 2. The van der Waals surface area contributed by atoms with Gasteiger partial charge < -0.3 is 10.2 Å². The van der Waals surface area contributed by atoms with E-state index >= 15 is 0 Å². The van der Waals surface area contributed by atoms with Crippen LogP contribution < -0.4 is 5.32 Å². The molecule has 1 N–H and O–H groups in total. The van der Waals surface area contributed by atoms with Gasteiger partial charge in [-0.2, -0.15) is 5.10 Å². The van der Waals surface area contributed by atoms with Crippen molar-refractivity contribution in [3.05, 3.63) is 16.4 Å². The molecule has 6 nitrogen and oxygen atoms in total. The maximum Gasteiger partial charge on any atom is 0.227 e. The maximum atomic E-state index is 12.3. The Morgan fingerprint density at radius 1 is 1.60 bits per heavy atom. The van der Waals surface area contributed by atoms with E-state index in [4.69, 9.17) is 11.6 Å². The molecule has 1 fully saturated rings. The Kier molecular flexibility index (Phi) is 4.32. The fourth-order valence-electron chi connectivity index (χ4n) is 2.40. The highest BCUT2D eigenvalue weighted by Crippen LogP contribution is 2.20. The van der Waals surface area contributed by atoms with E-state index in [1.807, 2.05) is 6.92 Å². The van der Waals surface area contributed by atoms with Crippen molar-refractivity contribution in [2.75, 3.05) is 13.6 Å². The van der Waals surface area contributed by atoms with Crippen molar-refractivity contribution < 1.29 is 9.59 Å². The lowest BCUT2D eigenvalue weighted by Crippen LogP contribution is -2.49. The van der Waals surface area contributed by atoms with Crippen LogP contribution in [0.15, 0.2) is 0 Å². The van der Waals surface area contributed by atoms with E-state index in [9.17, 15) is 9.59 Å². The molecule has 2 rings (SSSR count). The number of carbonyl (C=O) groups excluding carboxylic acids is 2. The van der Waals surface area contributed by atoms with Crippen molar-refractivity contribution in [2.45, 2.75) is 32.2 Å². The van der Waals surface area contributed by atoms with Crippen LogP contribution in [0.5, 0.6) is 0 Å². The van der Waals surface area contributed by atoms with Crippen LogP contribution >= 0.6 is 11.6 Å². The molecule has 1 aliphatic heterocycles. The van der Waals surface area contributed by atoms with Gasteiger partial charge in [0.15, 0.2) is 0 Å². The van der Waals surface area contributed by atoms with E-state index in [-0.39, 0.29) is 24.3 Å². The van der Waals surface area contributed by atoms with Crippen LogP contribution in [0.3, 0.4) is 0 Å². The van der Waals surface area contributed by atoms with Gasteiger partial charge in [-0.25, -0.2) is 0 Å². The Bertz CT molecular complexity index is 531. The zero-order chi connectivity index (χ0) is 14.9. The molecule has 110 valence electrons. The summed E-state index contributed by atoms with van der Waals surface area (Å²) in [5.41, 5.74) is 1.54. The molecule has 7 heteroatoms. The van der Waals surface area contributed by atoms with Crippen LogP contribution in [-0.4, -0.2) is 46.1 Å². The first kappa shape index (κ1) is 14.8. The fraction of sp³-hybridized carbons (Fsp3) is 0.615. The lowest BCUT2D eigenvalue weighted by atomic mass is 10.0. The minimum Gasteiger partial charge on any atom is -0.354 e. The van der Waals surface area contributed by atoms with Crippen molar-refractivity contribution in [1.29, 1.82) is 0 Å². The molecule has 0 aromatic carbocycles. The summed E-state index contributed by atoms with van der Waals surface area (Å²) in [5.74, 6) is 0.0393. The Balaban J connectivity index is 2.02. The molecule has 1 aromatic rings. The standard InChI is InChI=1S/C13H19ClN4O2/c1-8-10(13(14)18(3)16-8)6-12(20)17(2)9-4-5-11(19)15-7-9/h9H,4-7H2,1-3H3,(H,15,19). The van der Waals surface area contributed by atoms with Gasteiger partial charge in [-0.05, 0) is 13.3 Å². The van der Waals surface area contributed by atoms with Crippen molar-refractivity contribution in [3.63, 3.8) is 0 Å². The molecule has 20 heavy (non-hydrogen) atoms. The van der Waals surface area contributed by atoms with Gasteiger partial charge in [-0.15, -0.1) is 0 Å². The summed E-state index contributed by atoms with van der Waals surface area (Å²) in [7, 11) is 3.52. The third-order valence-corrected chi connectivity index (χ3v) is 4.25. The van der Waals surface area contributed by atoms with Gasteiger partial charge in [0.1, 0.15) is 5.15 Å². The molecule has 1 unspecified atom stereocenters. The average Bonchev–Trinajstić information content (AvgIpc) is 2.65. The van der Waals surface area contributed by atoms with Gasteiger partial charge in [0.2, 0.25) is 11.8 Å². The topological polar surface area (TPSA) is 67.2 Å². The number of hydrogen-bond donors (Lipinski definition) is 1. The molecule has 0 aliphatic carbocycles. The van der Waals surface area contributed by atoms with Crippen molar-refractivity contribution in [2.24, 2.45) is 7.05 Å².